The van der Waals surface area contributed by atoms with E-state index >= 15 is 0 Å². The summed E-state index contributed by atoms with van der Waals surface area (Å²) in [6.45, 7) is 8.90. The van der Waals surface area contributed by atoms with E-state index in [1.54, 1.807) is 0 Å². The number of amides is 1. The SMILES string of the molecule is CC1CN(C(=O)c2cc(Br)cn2C(C)C)CCN1C. The highest BCUT2D eigenvalue weighted by Gasteiger charge is 2.27. The molecule has 0 aromatic carbocycles. The molecule has 0 N–H and O–H groups in total. The van der Waals surface area contributed by atoms with Crippen LogP contribution in [0.2, 0.25) is 0 Å². The summed E-state index contributed by atoms with van der Waals surface area (Å²) in [4.78, 5) is 16.9. The van der Waals surface area contributed by atoms with Gasteiger partial charge < -0.3 is 14.4 Å². The van der Waals surface area contributed by atoms with Crippen LogP contribution in [0.3, 0.4) is 0 Å². The molecule has 106 valence electrons. The van der Waals surface area contributed by atoms with Crippen LogP contribution in [0.15, 0.2) is 16.7 Å². The minimum atomic E-state index is 0.138. The van der Waals surface area contributed by atoms with Gasteiger partial charge in [-0.1, -0.05) is 0 Å². The topological polar surface area (TPSA) is 28.5 Å². The highest BCUT2D eigenvalue weighted by atomic mass is 79.9. The van der Waals surface area contributed by atoms with Crippen LogP contribution in [0.4, 0.5) is 0 Å². The molecular formula is C14H22BrN3O. The Kier molecular flexibility index (Phi) is 4.36. The zero-order valence-corrected chi connectivity index (χ0v) is 13.6. The smallest absolute Gasteiger partial charge is 0.270 e. The number of hydrogen-bond donors (Lipinski definition) is 0. The molecule has 4 nitrogen and oxygen atoms in total. The largest absolute Gasteiger partial charge is 0.340 e. The highest BCUT2D eigenvalue weighted by molar-refractivity contribution is 9.10. The Hall–Kier alpha value is -0.810. The fraction of sp³-hybridized carbons (Fsp3) is 0.643. The van der Waals surface area contributed by atoms with Gasteiger partial charge in [-0.3, -0.25) is 4.79 Å². The van der Waals surface area contributed by atoms with Crippen molar-refractivity contribution in [3.8, 4) is 0 Å². The van der Waals surface area contributed by atoms with E-state index in [1.807, 2.05) is 21.7 Å². The summed E-state index contributed by atoms with van der Waals surface area (Å²) >= 11 is 3.47. The summed E-state index contributed by atoms with van der Waals surface area (Å²) in [5, 5.41) is 0. The van der Waals surface area contributed by atoms with Gasteiger partial charge in [0.05, 0.1) is 0 Å². The second kappa shape index (κ2) is 5.67. The van der Waals surface area contributed by atoms with Gasteiger partial charge in [0, 0.05) is 42.4 Å². The molecule has 1 aliphatic heterocycles. The predicted octanol–water partition coefficient (Wildman–Crippen LogP) is 2.61. The van der Waals surface area contributed by atoms with Crippen molar-refractivity contribution in [2.75, 3.05) is 26.7 Å². The van der Waals surface area contributed by atoms with Crippen LogP contribution in [-0.2, 0) is 0 Å². The minimum absolute atomic E-state index is 0.138. The van der Waals surface area contributed by atoms with E-state index in [0.29, 0.717) is 6.04 Å². The zero-order valence-electron chi connectivity index (χ0n) is 12.1. The van der Waals surface area contributed by atoms with Crippen LogP contribution < -0.4 is 0 Å². The Balaban J connectivity index is 2.20. The maximum absolute atomic E-state index is 12.7. The Morgan fingerprint density at radius 2 is 2.11 bits per heavy atom. The third-order valence-corrected chi connectivity index (χ3v) is 4.27. The molecule has 1 aliphatic rings. The van der Waals surface area contributed by atoms with Crippen LogP contribution in [0.5, 0.6) is 0 Å². The third kappa shape index (κ3) is 3.03. The molecule has 1 aromatic heterocycles. The maximum Gasteiger partial charge on any atom is 0.270 e. The minimum Gasteiger partial charge on any atom is -0.340 e. The van der Waals surface area contributed by atoms with Gasteiger partial charge in [0.15, 0.2) is 0 Å². The summed E-state index contributed by atoms with van der Waals surface area (Å²) in [6.07, 6.45) is 1.98. The van der Waals surface area contributed by atoms with E-state index < -0.39 is 0 Å². The maximum atomic E-state index is 12.7. The molecule has 0 spiro atoms. The van der Waals surface area contributed by atoms with E-state index in [9.17, 15) is 4.79 Å². The molecule has 5 heteroatoms. The standard InChI is InChI=1S/C14H22BrN3O/c1-10(2)18-9-12(15)7-13(18)14(19)17-6-5-16(4)11(3)8-17/h7,9-11H,5-6,8H2,1-4H3. The lowest BCUT2D eigenvalue weighted by Crippen LogP contribution is -2.52. The molecule has 1 saturated heterocycles. The second-order valence-corrected chi connectivity index (χ2v) is 6.54. The summed E-state index contributed by atoms with van der Waals surface area (Å²) in [7, 11) is 2.11. The van der Waals surface area contributed by atoms with E-state index in [4.69, 9.17) is 0 Å². The Labute approximate surface area is 123 Å². The predicted molar refractivity (Wildman–Crippen MR) is 80.5 cm³/mol. The van der Waals surface area contributed by atoms with Crippen molar-refractivity contribution in [2.45, 2.75) is 32.9 Å². The number of piperazine rings is 1. The molecule has 1 fully saturated rings. The fourth-order valence-electron chi connectivity index (χ4n) is 2.44. The molecule has 19 heavy (non-hydrogen) atoms. The number of hydrogen-bond acceptors (Lipinski definition) is 2. The number of carbonyl (C=O) groups excluding carboxylic acids is 1. The quantitative estimate of drug-likeness (QED) is 0.835. The molecular weight excluding hydrogens is 306 g/mol. The zero-order chi connectivity index (χ0) is 14.2. The molecule has 2 heterocycles. The summed E-state index contributed by atoms with van der Waals surface area (Å²) in [5.41, 5.74) is 0.777. The van der Waals surface area contributed by atoms with Crippen molar-refractivity contribution in [1.29, 1.82) is 0 Å². The molecule has 2 rings (SSSR count). The molecule has 1 amide bonds. The van der Waals surface area contributed by atoms with Gasteiger partial charge in [-0.15, -0.1) is 0 Å². The molecule has 1 aromatic rings. The van der Waals surface area contributed by atoms with E-state index in [1.165, 1.54) is 0 Å². The van der Waals surface area contributed by atoms with Gasteiger partial charge in [0.1, 0.15) is 5.69 Å². The number of rotatable bonds is 2. The lowest BCUT2D eigenvalue weighted by atomic mass is 10.2. The molecule has 1 atom stereocenters. The van der Waals surface area contributed by atoms with Gasteiger partial charge in [-0.25, -0.2) is 0 Å². The number of halogens is 1. The van der Waals surface area contributed by atoms with Gasteiger partial charge in [0.25, 0.3) is 5.91 Å². The van der Waals surface area contributed by atoms with E-state index in [2.05, 4.69) is 48.6 Å². The average molecular weight is 328 g/mol. The first-order valence-corrected chi connectivity index (χ1v) is 7.56. The van der Waals surface area contributed by atoms with Crippen LogP contribution in [0, 0.1) is 0 Å². The van der Waals surface area contributed by atoms with Crippen LogP contribution in [0.25, 0.3) is 0 Å². The van der Waals surface area contributed by atoms with Crippen molar-refractivity contribution in [3.63, 3.8) is 0 Å². The Morgan fingerprint density at radius 3 is 2.68 bits per heavy atom. The molecule has 0 bridgehead atoms. The van der Waals surface area contributed by atoms with E-state index in [-0.39, 0.29) is 11.9 Å². The summed E-state index contributed by atoms with van der Waals surface area (Å²) in [6, 6.07) is 2.63. The Morgan fingerprint density at radius 1 is 1.42 bits per heavy atom. The van der Waals surface area contributed by atoms with Crippen LogP contribution >= 0.6 is 15.9 Å². The molecule has 1 unspecified atom stereocenters. The van der Waals surface area contributed by atoms with Crippen LogP contribution in [0.1, 0.15) is 37.3 Å². The average Bonchev–Trinajstić information content (AvgIpc) is 2.74. The lowest BCUT2D eigenvalue weighted by molar-refractivity contribution is 0.0561. The van der Waals surface area contributed by atoms with Gasteiger partial charge in [0.2, 0.25) is 0 Å². The first kappa shape index (κ1) is 14.6. The number of likely N-dealkylation sites (N-methyl/N-ethyl adjacent to an activating group) is 1. The van der Waals surface area contributed by atoms with Crippen molar-refractivity contribution in [2.24, 2.45) is 0 Å². The van der Waals surface area contributed by atoms with Gasteiger partial charge in [-0.2, -0.15) is 0 Å². The number of carbonyl (C=O) groups is 1. The Bertz CT molecular complexity index is 469. The summed E-state index contributed by atoms with van der Waals surface area (Å²) < 4.78 is 3.00. The number of nitrogens with zero attached hydrogens (tertiary/aromatic N) is 3. The normalized spacial score (nSPS) is 21.2. The second-order valence-electron chi connectivity index (χ2n) is 5.63. The van der Waals surface area contributed by atoms with E-state index in [0.717, 1.165) is 29.8 Å². The first-order chi connectivity index (χ1) is 8.90. The monoisotopic (exact) mass is 327 g/mol. The van der Waals surface area contributed by atoms with Crippen molar-refractivity contribution >= 4 is 21.8 Å². The molecule has 0 radical (unpaired) electrons. The molecule has 0 saturated carbocycles. The third-order valence-electron chi connectivity index (χ3n) is 3.84. The van der Waals surface area contributed by atoms with Crippen LogP contribution in [-0.4, -0.2) is 53.0 Å². The first-order valence-electron chi connectivity index (χ1n) is 6.77. The lowest BCUT2D eigenvalue weighted by Gasteiger charge is -2.37. The van der Waals surface area contributed by atoms with Gasteiger partial charge >= 0.3 is 0 Å². The van der Waals surface area contributed by atoms with Gasteiger partial charge in [-0.05, 0) is 49.8 Å². The highest BCUT2D eigenvalue weighted by Crippen LogP contribution is 2.21. The summed E-state index contributed by atoms with van der Waals surface area (Å²) in [5.74, 6) is 0.138. The van der Waals surface area contributed by atoms with Crippen molar-refractivity contribution < 1.29 is 4.79 Å². The fourth-order valence-corrected chi connectivity index (χ4v) is 2.88. The molecule has 0 aliphatic carbocycles. The van der Waals surface area contributed by atoms with Crippen molar-refractivity contribution in [1.82, 2.24) is 14.4 Å². The number of aromatic nitrogens is 1. The van der Waals surface area contributed by atoms with Crippen molar-refractivity contribution in [3.05, 3.63) is 22.4 Å².